The molecule has 0 unspecified atom stereocenters. The van der Waals surface area contributed by atoms with Crippen molar-refractivity contribution in [1.29, 1.82) is 0 Å². The fourth-order valence-corrected chi connectivity index (χ4v) is 1.87. The van der Waals surface area contributed by atoms with Gasteiger partial charge in [-0.15, -0.1) is 25.3 Å². The highest BCUT2D eigenvalue weighted by molar-refractivity contribution is 7.83. The Kier molecular flexibility index (Phi) is 2.85. The summed E-state index contributed by atoms with van der Waals surface area (Å²) >= 11 is 8.79. The van der Waals surface area contributed by atoms with Gasteiger partial charge in [-0.05, 0) is 17.2 Å². The van der Waals surface area contributed by atoms with Gasteiger partial charge in [-0.3, -0.25) is 0 Å². The molecule has 0 heterocycles. The average molecular weight is 218 g/mol. The molecule has 0 radical (unpaired) electrons. The van der Waals surface area contributed by atoms with Gasteiger partial charge >= 0.3 is 0 Å². The summed E-state index contributed by atoms with van der Waals surface area (Å²) in [5, 5.41) is 0. The molecular formula is C12H10S2. The third kappa shape index (κ3) is 1.81. The number of benzene rings is 2. The van der Waals surface area contributed by atoms with Crippen LogP contribution in [0, 0.1) is 0 Å². The van der Waals surface area contributed by atoms with Crippen LogP contribution in [0.3, 0.4) is 0 Å². The van der Waals surface area contributed by atoms with Crippen LogP contribution in [0.2, 0.25) is 0 Å². The first-order chi connectivity index (χ1) is 6.79. The number of rotatable bonds is 1. The lowest BCUT2D eigenvalue weighted by atomic mass is 10.1. The van der Waals surface area contributed by atoms with Crippen molar-refractivity contribution < 1.29 is 0 Å². The summed E-state index contributed by atoms with van der Waals surface area (Å²) in [5.74, 6) is 0. The van der Waals surface area contributed by atoms with Gasteiger partial charge < -0.3 is 0 Å². The standard InChI is InChI=1S/C12H10S2/c13-11-8-4-7-10(12(11)14)9-5-2-1-3-6-9/h1-8,13-14H. The molecule has 0 saturated heterocycles. The molecule has 2 aromatic rings. The van der Waals surface area contributed by atoms with Crippen molar-refractivity contribution >= 4 is 25.3 Å². The van der Waals surface area contributed by atoms with Crippen molar-refractivity contribution in [2.45, 2.75) is 9.79 Å². The maximum atomic E-state index is 4.45. The first-order valence-electron chi connectivity index (χ1n) is 4.35. The maximum Gasteiger partial charge on any atom is 0.0253 e. The molecule has 70 valence electrons. The lowest BCUT2D eigenvalue weighted by Crippen LogP contribution is -1.80. The quantitative estimate of drug-likeness (QED) is 0.666. The minimum absolute atomic E-state index is 0.912. The average Bonchev–Trinajstić information content (AvgIpc) is 2.23. The third-order valence-corrected chi connectivity index (χ3v) is 3.13. The van der Waals surface area contributed by atoms with Crippen LogP contribution in [-0.2, 0) is 0 Å². The van der Waals surface area contributed by atoms with Crippen molar-refractivity contribution in [2.24, 2.45) is 0 Å². The van der Waals surface area contributed by atoms with Crippen LogP contribution in [-0.4, -0.2) is 0 Å². The lowest BCUT2D eigenvalue weighted by molar-refractivity contribution is 1.27. The molecule has 0 bridgehead atoms. The summed E-state index contributed by atoms with van der Waals surface area (Å²) < 4.78 is 0. The van der Waals surface area contributed by atoms with Crippen LogP contribution in [0.5, 0.6) is 0 Å². The predicted molar refractivity (Wildman–Crippen MR) is 66.4 cm³/mol. The first kappa shape index (κ1) is 9.69. The minimum atomic E-state index is 0.912. The highest BCUT2D eigenvalue weighted by Crippen LogP contribution is 2.30. The molecular weight excluding hydrogens is 208 g/mol. The molecule has 0 atom stereocenters. The van der Waals surface area contributed by atoms with Crippen molar-refractivity contribution in [1.82, 2.24) is 0 Å². The fourth-order valence-electron chi connectivity index (χ4n) is 1.38. The first-order valence-corrected chi connectivity index (χ1v) is 5.25. The van der Waals surface area contributed by atoms with E-state index in [2.05, 4.69) is 43.5 Å². The van der Waals surface area contributed by atoms with E-state index >= 15 is 0 Å². The Morgan fingerprint density at radius 1 is 0.714 bits per heavy atom. The molecule has 0 aliphatic rings. The van der Waals surface area contributed by atoms with E-state index in [1.807, 2.05) is 30.3 Å². The Bertz CT molecular complexity index is 435. The van der Waals surface area contributed by atoms with Gasteiger partial charge in [0.25, 0.3) is 0 Å². The van der Waals surface area contributed by atoms with Crippen LogP contribution >= 0.6 is 25.3 Å². The van der Waals surface area contributed by atoms with E-state index in [0.29, 0.717) is 0 Å². The van der Waals surface area contributed by atoms with E-state index in [9.17, 15) is 0 Å². The summed E-state index contributed by atoms with van der Waals surface area (Å²) in [7, 11) is 0. The van der Waals surface area contributed by atoms with Crippen LogP contribution in [0.4, 0.5) is 0 Å². The normalized spacial score (nSPS) is 10.1. The number of hydrogen-bond donors (Lipinski definition) is 2. The topological polar surface area (TPSA) is 0 Å². The van der Waals surface area contributed by atoms with Crippen LogP contribution in [0.25, 0.3) is 11.1 Å². The second kappa shape index (κ2) is 4.11. The third-order valence-electron chi connectivity index (χ3n) is 2.10. The molecule has 0 aliphatic carbocycles. The summed E-state index contributed by atoms with van der Waals surface area (Å²) in [6.07, 6.45) is 0. The van der Waals surface area contributed by atoms with Crippen LogP contribution in [0.1, 0.15) is 0 Å². The second-order valence-electron chi connectivity index (χ2n) is 3.04. The molecule has 0 nitrogen and oxygen atoms in total. The minimum Gasteiger partial charge on any atom is -0.142 e. The Balaban J connectivity index is 2.58. The van der Waals surface area contributed by atoms with Gasteiger partial charge in [0.05, 0.1) is 0 Å². The largest absolute Gasteiger partial charge is 0.142 e. The maximum absolute atomic E-state index is 4.45. The Labute approximate surface area is 94.8 Å². The van der Waals surface area contributed by atoms with E-state index in [1.54, 1.807) is 0 Å². The van der Waals surface area contributed by atoms with E-state index in [4.69, 9.17) is 0 Å². The number of thiol groups is 2. The van der Waals surface area contributed by atoms with E-state index in [-0.39, 0.29) is 0 Å². The Morgan fingerprint density at radius 2 is 1.43 bits per heavy atom. The molecule has 0 fully saturated rings. The summed E-state index contributed by atoms with van der Waals surface area (Å²) in [6.45, 7) is 0. The van der Waals surface area contributed by atoms with Gasteiger partial charge in [-0.25, -0.2) is 0 Å². The van der Waals surface area contributed by atoms with Crippen LogP contribution in [0.15, 0.2) is 58.3 Å². The van der Waals surface area contributed by atoms with Gasteiger partial charge in [-0.2, -0.15) is 0 Å². The van der Waals surface area contributed by atoms with Gasteiger partial charge in [0.1, 0.15) is 0 Å². The monoisotopic (exact) mass is 218 g/mol. The molecule has 14 heavy (non-hydrogen) atoms. The van der Waals surface area contributed by atoms with Crippen molar-refractivity contribution in [2.75, 3.05) is 0 Å². The zero-order chi connectivity index (χ0) is 9.97. The molecule has 0 aromatic heterocycles. The smallest absolute Gasteiger partial charge is 0.0253 e. The highest BCUT2D eigenvalue weighted by atomic mass is 32.1. The van der Waals surface area contributed by atoms with Gasteiger partial charge in [-0.1, -0.05) is 42.5 Å². The summed E-state index contributed by atoms with van der Waals surface area (Å²) in [5.41, 5.74) is 2.30. The van der Waals surface area contributed by atoms with E-state index in [1.165, 1.54) is 5.56 Å². The zero-order valence-corrected chi connectivity index (χ0v) is 9.30. The van der Waals surface area contributed by atoms with Crippen molar-refractivity contribution in [3.05, 3.63) is 48.5 Å². The summed E-state index contributed by atoms with van der Waals surface area (Å²) in [4.78, 5) is 1.84. The second-order valence-corrected chi connectivity index (χ2v) is 3.97. The molecule has 2 aromatic carbocycles. The molecule has 0 aliphatic heterocycles. The van der Waals surface area contributed by atoms with Crippen molar-refractivity contribution in [3.8, 4) is 11.1 Å². The van der Waals surface area contributed by atoms with E-state index < -0.39 is 0 Å². The van der Waals surface area contributed by atoms with Gasteiger partial charge in [0.15, 0.2) is 0 Å². The molecule has 2 heteroatoms. The highest BCUT2D eigenvalue weighted by Gasteiger charge is 2.03. The summed E-state index contributed by atoms with van der Waals surface area (Å²) in [6, 6.07) is 16.2. The zero-order valence-electron chi connectivity index (χ0n) is 7.51. The Hall–Kier alpha value is -0.860. The molecule has 0 saturated carbocycles. The number of hydrogen-bond acceptors (Lipinski definition) is 2. The van der Waals surface area contributed by atoms with Gasteiger partial charge in [0.2, 0.25) is 0 Å². The molecule has 0 N–H and O–H groups in total. The van der Waals surface area contributed by atoms with E-state index in [0.717, 1.165) is 15.4 Å². The fraction of sp³-hybridized carbons (Fsp3) is 0. The Morgan fingerprint density at radius 3 is 2.14 bits per heavy atom. The predicted octanol–water partition coefficient (Wildman–Crippen LogP) is 3.93. The molecule has 2 rings (SSSR count). The lowest BCUT2D eigenvalue weighted by Gasteiger charge is -2.06. The van der Waals surface area contributed by atoms with Gasteiger partial charge in [0, 0.05) is 9.79 Å². The molecule has 0 spiro atoms. The van der Waals surface area contributed by atoms with Crippen molar-refractivity contribution in [3.63, 3.8) is 0 Å². The van der Waals surface area contributed by atoms with Crippen LogP contribution < -0.4 is 0 Å². The SMILES string of the molecule is Sc1cccc(-c2ccccc2)c1S. The molecule has 0 amide bonds.